The molecule has 4 rings (SSSR count). The van der Waals surface area contributed by atoms with Crippen molar-refractivity contribution < 1.29 is 46.3 Å². The summed E-state index contributed by atoms with van der Waals surface area (Å²) in [4.78, 5) is 51.7. The molecule has 47 heavy (non-hydrogen) atoms. The number of hydrogen-bond donors (Lipinski definition) is 6. The molecule has 2 fully saturated rings. The van der Waals surface area contributed by atoms with Crippen LogP contribution in [0, 0.1) is 0 Å². The number of thiazole rings is 1. The maximum Gasteiger partial charge on any atom is 0.418 e. The van der Waals surface area contributed by atoms with Crippen molar-refractivity contribution in [2.75, 3.05) is 24.7 Å². The number of anilines is 2. The smallest absolute Gasteiger partial charge is 0.418 e. The topological polar surface area (TPSA) is 270 Å². The maximum absolute atomic E-state index is 13.3. The summed E-state index contributed by atoms with van der Waals surface area (Å²) in [6, 6.07) is 4.10. The minimum Gasteiger partial charge on any atom is -0.489 e. The van der Waals surface area contributed by atoms with Crippen LogP contribution in [0.1, 0.15) is 50.8 Å². The summed E-state index contributed by atoms with van der Waals surface area (Å²) in [5.74, 6) is -3.15. The second-order valence-corrected chi connectivity index (χ2v) is 13.2. The first-order valence-electron chi connectivity index (χ1n) is 14.3. The highest BCUT2D eigenvalue weighted by Crippen LogP contribution is 2.33. The zero-order valence-corrected chi connectivity index (χ0v) is 27.3. The van der Waals surface area contributed by atoms with Crippen molar-refractivity contribution in [1.29, 1.82) is 0 Å². The first-order valence-corrected chi connectivity index (χ1v) is 16.6. The van der Waals surface area contributed by atoms with Gasteiger partial charge in [0.05, 0.1) is 11.6 Å². The zero-order valence-electron chi connectivity index (χ0n) is 25.7. The molecular formula is C27H36N8O10S2. The standard InChI is InChI=1S/C27H36N8O10S2/c1-27(2)22(24(37)35(27)45-47(40,41)42)33-23(36)21(19-13-46-26(29)32-19)34-44-20(25(38)39)12-43-17-8-9-18(30-3)14(10-17)11-31-16-6-4-15(28)5-7-16/h8-11,13,15-16,20,22,30H,4-7,12,28H2,1-3H3,(H2,29,32)(H,33,36)(H,38,39)(H,40,41,42)/b31-11?,34-21-/t15?,16?,20-,22+/m0/s1. The van der Waals surface area contributed by atoms with Gasteiger partial charge >= 0.3 is 16.4 Å². The SMILES string of the molecule is CNc1ccc(OC[C@H](O/N=C(\C(=O)N[C@@H]2C(=O)N(OS(=O)(=O)O)C2(C)C)c2csc(N)n2)C(=O)O)cc1C=NC1CCC(N)CC1. The van der Waals surface area contributed by atoms with Crippen LogP contribution < -0.4 is 26.8 Å². The number of carboxylic acid groups (broad SMARTS) is 1. The van der Waals surface area contributed by atoms with Crippen LogP contribution in [0.25, 0.3) is 0 Å². The number of nitrogens with one attached hydrogen (secondary N) is 2. The molecule has 2 heterocycles. The van der Waals surface area contributed by atoms with Crippen molar-refractivity contribution >= 4 is 62.3 Å². The van der Waals surface area contributed by atoms with Crippen molar-refractivity contribution in [3.63, 3.8) is 0 Å². The molecule has 0 spiro atoms. The van der Waals surface area contributed by atoms with E-state index in [4.69, 9.17) is 25.6 Å². The van der Waals surface area contributed by atoms with E-state index in [0.29, 0.717) is 10.8 Å². The number of aliphatic carboxylic acids is 1. The third kappa shape index (κ3) is 8.92. The second kappa shape index (κ2) is 14.6. The lowest BCUT2D eigenvalue weighted by Crippen LogP contribution is -2.76. The quantitative estimate of drug-likeness (QED) is 0.0682. The van der Waals surface area contributed by atoms with Crippen LogP contribution in [0.5, 0.6) is 5.75 Å². The van der Waals surface area contributed by atoms with Gasteiger partial charge in [-0.25, -0.2) is 9.78 Å². The van der Waals surface area contributed by atoms with Gasteiger partial charge in [0, 0.05) is 35.9 Å². The number of benzene rings is 1. The monoisotopic (exact) mass is 696 g/mol. The summed E-state index contributed by atoms with van der Waals surface area (Å²) in [7, 11) is -3.26. The normalized spacial score (nSPS) is 22.0. The predicted octanol–water partition coefficient (Wildman–Crippen LogP) is 0.549. The highest BCUT2D eigenvalue weighted by atomic mass is 32.3. The van der Waals surface area contributed by atoms with Crippen LogP contribution in [0.4, 0.5) is 10.8 Å². The van der Waals surface area contributed by atoms with Gasteiger partial charge in [-0.3, -0.25) is 19.1 Å². The number of carbonyl (C=O) groups is 3. The van der Waals surface area contributed by atoms with Gasteiger partial charge < -0.3 is 36.8 Å². The molecule has 0 radical (unpaired) electrons. The summed E-state index contributed by atoms with van der Waals surface area (Å²) >= 11 is 0.959. The fourth-order valence-electron chi connectivity index (χ4n) is 4.86. The van der Waals surface area contributed by atoms with E-state index >= 15 is 0 Å². The molecule has 1 saturated heterocycles. The number of carboxylic acids is 1. The molecule has 1 aliphatic heterocycles. The minimum atomic E-state index is -5.02. The van der Waals surface area contributed by atoms with Crippen molar-refractivity contribution in [2.24, 2.45) is 15.9 Å². The van der Waals surface area contributed by atoms with E-state index < -0.39 is 58.2 Å². The third-order valence-corrected chi connectivity index (χ3v) is 8.52. The number of carbonyl (C=O) groups excluding carboxylic acids is 2. The molecule has 2 atom stereocenters. The summed E-state index contributed by atoms with van der Waals surface area (Å²) in [6.07, 6.45) is 3.64. The zero-order chi connectivity index (χ0) is 34.5. The summed E-state index contributed by atoms with van der Waals surface area (Å²) < 4.78 is 41.2. The molecule has 20 heteroatoms. The van der Waals surface area contributed by atoms with E-state index in [-0.39, 0.29) is 22.9 Å². The average molecular weight is 697 g/mol. The number of nitrogen functional groups attached to an aromatic ring is 1. The Balaban J connectivity index is 1.47. The second-order valence-electron chi connectivity index (χ2n) is 11.3. The lowest BCUT2D eigenvalue weighted by molar-refractivity contribution is -0.218. The number of oxime groups is 1. The van der Waals surface area contributed by atoms with Crippen LogP contribution in [0.3, 0.4) is 0 Å². The number of nitrogens with two attached hydrogens (primary N) is 2. The molecular weight excluding hydrogens is 660 g/mol. The molecule has 2 amide bonds. The van der Waals surface area contributed by atoms with Crippen LogP contribution in [0.15, 0.2) is 33.7 Å². The molecule has 8 N–H and O–H groups in total. The number of rotatable bonds is 14. The van der Waals surface area contributed by atoms with Crippen LogP contribution in [0.2, 0.25) is 0 Å². The number of hydroxylamine groups is 2. The number of aliphatic imine (C=N–C) groups is 1. The third-order valence-electron chi connectivity index (χ3n) is 7.51. The highest BCUT2D eigenvalue weighted by molar-refractivity contribution is 7.80. The Labute approximate surface area is 274 Å². The average Bonchev–Trinajstić information content (AvgIpc) is 3.44. The van der Waals surface area contributed by atoms with Gasteiger partial charge in [0.1, 0.15) is 24.1 Å². The molecule has 2 aliphatic rings. The van der Waals surface area contributed by atoms with Gasteiger partial charge in [-0.05, 0) is 57.7 Å². The molecule has 2 aromatic rings. The number of nitrogens with zero attached hydrogens (tertiary/aromatic N) is 4. The Morgan fingerprint density at radius 3 is 2.55 bits per heavy atom. The van der Waals surface area contributed by atoms with E-state index in [9.17, 15) is 27.9 Å². The van der Waals surface area contributed by atoms with Crippen molar-refractivity contribution in [3.8, 4) is 5.75 Å². The first-order chi connectivity index (χ1) is 22.1. The lowest BCUT2D eigenvalue weighted by atomic mass is 9.84. The minimum absolute atomic E-state index is 0.0582. The van der Waals surface area contributed by atoms with Gasteiger partial charge in [0.25, 0.3) is 17.9 Å². The largest absolute Gasteiger partial charge is 0.489 e. The molecule has 1 aromatic carbocycles. The molecule has 1 aromatic heterocycles. The number of hydrogen-bond acceptors (Lipinski definition) is 15. The number of aromatic nitrogens is 1. The highest BCUT2D eigenvalue weighted by Gasteiger charge is 2.58. The molecule has 1 saturated carbocycles. The Bertz CT molecular complexity index is 1650. The number of amides is 2. The molecule has 1 aliphatic carbocycles. The van der Waals surface area contributed by atoms with Crippen LogP contribution >= 0.6 is 11.3 Å². The van der Waals surface area contributed by atoms with Crippen LogP contribution in [-0.2, 0) is 33.9 Å². The van der Waals surface area contributed by atoms with Crippen molar-refractivity contribution in [3.05, 3.63) is 34.8 Å². The van der Waals surface area contributed by atoms with Crippen molar-refractivity contribution in [2.45, 2.75) is 69.3 Å². The Morgan fingerprint density at radius 1 is 1.28 bits per heavy atom. The van der Waals surface area contributed by atoms with Gasteiger partial charge in [-0.1, -0.05) is 5.16 Å². The Kier molecular flexibility index (Phi) is 11.0. The number of β-lactam (4-membered cyclic amide) rings is 1. The number of ether oxygens (including phenoxy) is 1. The van der Waals surface area contributed by atoms with E-state index in [0.717, 1.165) is 48.3 Å². The van der Waals surface area contributed by atoms with E-state index in [1.54, 1.807) is 31.5 Å². The summed E-state index contributed by atoms with van der Waals surface area (Å²) in [6.45, 7) is 2.21. The van der Waals surface area contributed by atoms with Gasteiger partial charge in [0.15, 0.2) is 10.8 Å². The van der Waals surface area contributed by atoms with Crippen molar-refractivity contribution in [1.82, 2.24) is 15.4 Å². The molecule has 18 nitrogen and oxygen atoms in total. The van der Waals surface area contributed by atoms with E-state index in [1.807, 2.05) is 0 Å². The summed E-state index contributed by atoms with van der Waals surface area (Å²) in [5.41, 5.74) is 11.2. The fraction of sp³-hybridized carbons (Fsp3) is 0.481. The van der Waals surface area contributed by atoms with Crippen LogP contribution in [-0.4, -0.2) is 101 Å². The summed E-state index contributed by atoms with van der Waals surface area (Å²) in [5, 5.41) is 20.8. The Hall–Kier alpha value is -4.37. The van der Waals surface area contributed by atoms with Gasteiger partial charge in [0.2, 0.25) is 0 Å². The van der Waals surface area contributed by atoms with E-state index in [2.05, 4.69) is 30.0 Å². The predicted molar refractivity (Wildman–Crippen MR) is 170 cm³/mol. The first kappa shape index (κ1) is 35.5. The lowest BCUT2D eigenvalue weighted by Gasteiger charge is -2.50. The van der Waals surface area contributed by atoms with Gasteiger partial charge in [-0.15, -0.1) is 15.6 Å². The van der Waals surface area contributed by atoms with Gasteiger partial charge in [-0.2, -0.15) is 13.5 Å². The van der Waals surface area contributed by atoms with E-state index in [1.165, 1.54) is 19.2 Å². The Morgan fingerprint density at radius 2 is 1.98 bits per heavy atom. The molecule has 0 bridgehead atoms. The maximum atomic E-state index is 13.3. The molecule has 256 valence electrons. The molecule has 0 unspecified atom stereocenters. The fourth-order valence-corrected chi connectivity index (χ4v) is 5.86.